The number of thiophene rings is 2. The number of aryl methyl sites for hydroxylation is 1. The van der Waals surface area contributed by atoms with Gasteiger partial charge in [0.25, 0.3) is 0 Å². The minimum Gasteiger partial charge on any atom is -0.461 e. The van der Waals surface area contributed by atoms with Crippen LogP contribution < -0.4 is 10.6 Å². The predicted molar refractivity (Wildman–Crippen MR) is 561 cm³/mol. The topological polar surface area (TPSA) is 277 Å². The zero-order valence-corrected chi connectivity index (χ0v) is 80.6. The van der Waals surface area contributed by atoms with E-state index in [1.54, 1.807) is 35.3 Å². The van der Waals surface area contributed by atoms with Crippen LogP contribution in [0.15, 0.2) is 64.3 Å². The third kappa shape index (κ3) is 30.8. The molecule has 0 radical (unpaired) electrons. The Morgan fingerprint density at radius 3 is 1.25 bits per heavy atom. The molecule has 0 fully saturated rings. The van der Waals surface area contributed by atoms with E-state index in [0.717, 1.165) is 141 Å². The van der Waals surface area contributed by atoms with Crippen LogP contribution in [0.25, 0.3) is 48.2 Å². The van der Waals surface area contributed by atoms with Crippen LogP contribution in [-0.4, -0.2) is 101 Å². The van der Waals surface area contributed by atoms with Gasteiger partial charge in [0, 0.05) is 95.9 Å². The lowest BCUT2D eigenvalue weighted by Crippen LogP contribution is -2.27. The van der Waals surface area contributed by atoms with Crippen molar-refractivity contribution in [1.82, 2.24) is 105 Å². The summed E-state index contributed by atoms with van der Waals surface area (Å²) >= 11 is 3.44. The van der Waals surface area contributed by atoms with E-state index in [1.165, 1.54) is 85.2 Å². The molecule has 0 amide bonds. The highest BCUT2D eigenvalue weighted by Crippen LogP contribution is 2.35. The van der Waals surface area contributed by atoms with Gasteiger partial charge >= 0.3 is 0 Å². The number of rotatable bonds is 16. The average Bonchev–Trinajstić information content (AvgIpc) is 1.66. The molecule has 13 aromatic rings. The summed E-state index contributed by atoms with van der Waals surface area (Å²) in [6, 6.07) is 10.2. The van der Waals surface area contributed by atoms with Gasteiger partial charge in [-0.3, -0.25) is 0 Å². The largest absolute Gasteiger partial charge is 0.461 e. The van der Waals surface area contributed by atoms with Crippen LogP contribution in [-0.2, 0) is 38.9 Å². The van der Waals surface area contributed by atoms with E-state index >= 15 is 0 Å². The molecule has 0 saturated carbocycles. The summed E-state index contributed by atoms with van der Waals surface area (Å²) in [7, 11) is 0. The third-order valence-electron chi connectivity index (χ3n) is 21.0. The first-order valence-corrected chi connectivity index (χ1v) is 46.4. The maximum Gasteiger partial charge on any atom is 0.181 e. The highest BCUT2D eigenvalue weighted by molar-refractivity contribution is 7.17. The van der Waals surface area contributed by atoms with Gasteiger partial charge in [0.15, 0.2) is 17.1 Å². The molecule has 0 bridgehead atoms. The summed E-state index contributed by atoms with van der Waals surface area (Å²) in [5, 5.41) is 16.6. The Labute approximate surface area is 796 Å². The zero-order chi connectivity index (χ0) is 88.7. The van der Waals surface area contributed by atoms with Gasteiger partial charge < -0.3 is 20.0 Å². The fourth-order valence-corrected chi connectivity index (χ4v) is 16.0. The summed E-state index contributed by atoms with van der Waals surface area (Å²) in [4.78, 5) is 77.8. The van der Waals surface area contributed by atoms with Gasteiger partial charge in [-0.15, -0.1) is 22.7 Å². The van der Waals surface area contributed by atoms with E-state index in [9.17, 15) is 0 Å². The predicted octanol–water partition coefficient (Wildman–Crippen LogP) is 30.6. The molecule has 3 aliphatic rings. The van der Waals surface area contributed by atoms with E-state index in [0.29, 0.717) is 94.7 Å². The fourth-order valence-electron chi connectivity index (χ4n) is 14.2. The summed E-state index contributed by atoms with van der Waals surface area (Å²) in [6.45, 7) is 72.8. The Morgan fingerprint density at radius 2 is 0.738 bits per heavy atom. The molecule has 1 aliphatic carbocycles. The smallest absolute Gasteiger partial charge is 0.181 e. The number of imidazole rings is 1. The first kappa shape index (κ1) is 121. The number of fused-ring (bicyclic) bond motifs is 8. The summed E-state index contributed by atoms with van der Waals surface area (Å²) in [5.74, 6) is 14.3. The maximum absolute atomic E-state index is 5.42. The molecular formula is C106H177N21OS2. The highest BCUT2D eigenvalue weighted by Gasteiger charge is 2.26. The number of H-pyrrole nitrogens is 1. The molecule has 724 valence electrons. The molecule has 0 unspecified atom stereocenters. The van der Waals surface area contributed by atoms with Crippen molar-refractivity contribution in [3.63, 3.8) is 0 Å². The lowest BCUT2D eigenvalue weighted by Gasteiger charge is -2.22. The van der Waals surface area contributed by atoms with Gasteiger partial charge in [-0.1, -0.05) is 288 Å². The minimum atomic E-state index is 0. The number of hydrogen-bond acceptors (Lipinski definition) is 22. The highest BCUT2D eigenvalue weighted by atomic mass is 32.1. The SMILES string of the molecule is C.C.C.C.C.C.C.C.C.CC(C)c1nc(C(C)C)c2[nH]cnc2n1.CC(C)c1nc(C(C)C)c2cccn2n1.CC(C)c1nc(C(C)C)c2ccsc2n1.CC(C)c1nc(C(C)C)c2occc2n1.CC(C)c1nc(C(C)C)c2sccc2n1.CC(C)c1nc2c(c(C(C)C)n1)CCC2.CC(C)c1nc2c(c(C(C)C)n1)CCNC2.CC(C)c1nc2c(c(C(C)C)n1)CNC2. The first-order valence-electron chi connectivity index (χ1n) is 44.7. The second kappa shape index (κ2) is 54.9. The normalized spacial score (nSPS) is 12.2. The molecule has 3 N–H and O–H groups in total. The lowest BCUT2D eigenvalue weighted by atomic mass is 9.97. The zero-order valence-electron chi connectivity index (χ0n) is 78.9. The fraction of sp³-hybridized carbons (Fsp3) is 0.613. The minimum absolute atomic E-state index is 0. The first-order chi connectivity index (χ1) is 57.2. The van der Waals surface area contributed by atoms with Gasteiger partial charge in [0.2, 0.25) is 0 Å². The quantitative estimate of drug-likeness (QED) is 0.0810. The van der Waals surface area contributed by atoms with Crippen molar-refractivity contribution >= 4 is 70.9 Å². The van der Waals surface area contributed by atoms with Crippen LogP contribution in [0.2, 0.25) is 0 Å². The van der Waals surface area contributed by atoms with Crippen molar-refractivity contribution in [2.45, 2.75) is 428 Å². The monoisotopic (exact) mass is 1820 g/mol. The number of hydrogen-bond donors (Lipinski definition) is 3. The Bertz CT molecular complexity index is 4900. The molecule has 22 nitrogen and oxygen atoms in total. The average molecular weight is 1830 g/mol. The van der Waals surface area contributed by atoms with Crippen LogP contribution in [0.4, 0.5) is 0 Å². The van der Waals surface area contributed by atoms with Crippen LogP contribution in [0.3, 0.4) is 0 Å². The van der Waals surface area contributed by atoms with E-state index < -0.39 is 0 Å². The van der Waals surface area contributed by atoms with Gasteiger partial charge in [-0.2, -0.15) is 5.10 Å². The molecular weight excluding hydrogens is 1650 g/mol. The van der Waals surface area contributed by atoms with Crippen molar-refractivity contribution < 1.29 is 4.42 Å². The van der Waals surface area contributed by atoms with Gasteiger partial charge in [-0.25, -0.2) is 84.3 Å². The van der Waals surface area contributed by atoms with E-state index in [4.69, 9.17) is 19.4 Å². The van der Waals surface area contributed by atoms with Crippen molar-refractivity contribution in [3.05, 3.63) is 186 Å². The number of aromatic amines is 1. The number of furan rings is 1. The second-order valence-corrected chi connectivity index (χ2v) is 38.9. The molecule has 130 heavy (non-hydrogen) atoms. The van der Waals surface area contributed by atoms with Crippen LogP contribution in [0.1, 0.15) is 515 Å². The lowest BCUT2D eigenvalue weighted by molar-refractivity contribution is 0.592. The molecule has 0 atom stereocenters. The molecule has 0 aromatic carbocycles. The molecule has 24 heteroatoms. The maximum atomic E-state index is 5.42. The van der Waals surface area contributed by atoms with Gasteiger partial charge in [-0.05, 0) is 126 Å². The molecule has 2 aliphatic heterocycles. The van der Waals surface area contributed by atoms with Crippen LogP contribution in [0, 0.1) is 0 Å². The van der Waals surface area contributed by atoms with Crippen molar-refractivity contribution in [1.29, 1.82) is 0 Å². The van der Waals surface area contributed by atoms with Crippen LogP contribution in [0.5, 0.6) is 0 Å². The summed E-state index contributed by atoms with van der Waals surface area (Å²) < 4.78 is 8.59. The van der Waals surface area contributed by atoms with Crippen molar-refractivity contribution in [2.75, 3.05) is 6.54 Å². The summed E-state index contributed by atoms with van der Waals surface area (Å²) in [6.07, 6.45) is 9.99. The Balaban J connectivity index is 0.00000145. The third-order valence-corrected chi connectivity index (χ3v) is 22.8. The second-order valence-electron chi connectivity index (χ2n) is 37.1. The molecule has 0 spiro atoms. The van der Waals surface area contributed by atoms with Gasteiger partial charge in [0.1, 0.15) is 56.6 Å². The molecule has 16 rings (SSSR count). The summed E-state index contributed by atoms with van der Waals surface area (Å²) in [5.41, 5.74) is 23.0. The van der Waals surface area contributed by atoms with E-state index in [-0.39, 0.29) is 66.8 Å². The van der Waals surface area contributed by atoms with E-state index in [1.807, 2.05) is 22.8 Å². The van der Waals surface area contributed by atoms with Crippen molar-refractivity contribution in [2.24, 2.45) is 0 Å². The molecule has 0 saturated heterocycles. The Kier molecular flexibility index (Phi) is 51.1. The Hall–Kier alpha value is -8.97. The molecule has 13 aromatic heterocycles. The Morgan fingerprint density at radius 1 is 0.331 bits per heavy atom. The molecule has 15 heterocycles. The van der Waals surface area contributed by atoms with Crippen LogP contribution >= 0.6 is 22.7 Å². The number of nitrogens with one attached hydrogen (secondary N) is 3. The van der Waals surface area contributed by atoms with E-state index in [2.05, 4.69) is 336 Å². The van der Waals surface area contributed by atoms with Crippen molar-refractivity contribution in [3.8, 4) is 0 Å². The standard InChI is InChI=1S/C13H21N3.C13H20N2.C12H19N3.C12H17N3.C12H16N2O.2C12H16N2S.C11H16N4.9CH4/c1-8(2)12-10-5-6-14-7-11(10)15-13(16-12)9(3)4;1-8(2)12-10-6-5-7-11(10)14-13(15-12)9(3)4;1-7(2)11-9-5-13-6-10(9)14-12(15-11)8(3)4;1-8(2)11-10-6-5-7-15(10)14-12(13-11)9(3)4;2*1-7(2)10-11-9(5-6-15-11)13-12(14-10)8(3)4;1-7(2)10-9-5-6-15-12(9)14-11(13-10)8(3)4;1-6(2)8-9-11(13-5-12-9)15-10(14-8)7(3)4;;;;;;;;;/h8-9,14H,5-7H2,1-4H3;8-9H,5-7H2,1-4H3;7-8,13H,5-6H2,1-4H3;5-9H,1-4H3;3*5-8H,1-4H3;5-7H,1-4H3,(H,12,13,14,15);9*1H4. The number of aromatic nitrogens is 19. The van der Waals surface area contributed by atoms with Gasteiger partial charge in [0.05, 0.1) is 85.3 Å². The number of nitrogens with zero attached hydrogens (tertiary/aromatic N) is 18.